The van der Waals surface area contributed by atoms with Gasteiger partial charge in [0.05, 0.1) is 6.67 Å². The number of hydrogen-bond donors (Lipinski definition) is 0. The van der Waals surface area contributed by atoms with Crippen LogP contribution in [0.5, 0.6) is 0 Å². The zero-order valence-corrected chi connectivity index (χ0v) is 15.8. The van der Waals surface area contributed by atoms with Gasteiger partial charge in [0.15, 0.2) is 10.6 Å². The molecule has 0 N–H and O–H groups in total. The predicted molar refractivity (Wildman–Crippen MR) is 105 cm³/mol. The van der Waals surface area contributed by atoms with E-state index >= 15 is 0 Å². The van der Waals surface area contributed by atoms with Crippen LogP contribution >= 0.6 is 12.2 Å². The molecule has 0 fully saturated rings. The fourth-order valence-corrected chi connectivity index (χ4v) is 3.81. The van der Waals surface area contributed by atoms with Gasteiger partial charge < -0.3 is 0 Å². The first kappa shape index (κ1) is 17.1. The topological polar surface area (TPSA) is 38.9 Å². The smallest absolute Gasteiger partial charge is 0.199 e. The first-order chi connectivity index (χ1) is 12.8. The van der Waals surface area contributed by atoms with Gasteiger partial charge >= 0.3 is 0 Å². The van der Waals surface area contributed by atoms with Crippen LogP contribution in [-0.2, 0) is 26.2 Å². The van der Waals surface area contributed by atoms with Gasteiger partial charge in [0.1, 0.15) is 0 Å². The Balaban J connectivity index is 1.62. The van der Waals surface area contributed by atoms with Crippen molar-refractivity contribution in [2.75, 3.05) is 6.54 Å². The van der Waals surface area contributed by atoms with Gasteiger partial charge in [0.2, 0.25) is 0 Å². The number of fused-ring (bicyclic) bond motifs is 1. The maximum atomic E-state index is 5.75. The molecule has 0 bridgehead atoms. The number of aromatic nitrogens is 4. The van der Waals surface area contributed by atoms with Crippen LogP contribution in [0.3, 0.4) is 0 Å². The van der Waals surface area contributed by atoms with E-state index in [4.69, 9.17) is 17.3 Å². The molecule has 6 heteroatoms. The number of benzene rings is 1. The fraction of sp³-hybridized carbons (Fsp3) is 0.350. The van der Waals surface area contributed by atoms with Gasteiger partial charge in [-0.25, -0.2) is 4.68 Å². The molecule has 3 heterocycles. The van der Waals surface area contributed by atoms with Crippen molar-refractivity contribution >= 4 is 12.2 Å². The summed E-state index contributed by atoms with van der Waals surface area (Å²) in [6.07, 6.45) is 5.70. The molecule has 0 atom stereocenters. The number of pyridine rings is 1. The van der Waals surface area contributed by atoms with E-state index in [2.05, 4.69) is 45.6 Å². The normalized spacial score (nSPS) is 14.3. The third-order valence-corrected chi connectivity index (χ3v) is 5.28. The van der Waals surface area contributed by atoms with Gasteiger partial charge in [-0.1, -0.05) is 31.2 Å². The van der Waals surface area contributed by atoms with Crippen LogP contribution in [0.25, 0.3) is 11.4 Å². The summed E-state index contributed by atoms with van der Waals surface area (Å²) in [7, 11) is 0. The molecule has 0 spiro atoms. The molecule has 1 aliphatic rings. The predicted octanol–water partition coefficient (Wildman–Crippen LogP) is 3.90. The van der Waals surface area contributed by atoms with Gasteiger partial charge in [-0.3, -0.25) is 14.5 Å². The van der Waals surface area contributed by atoms with E-state index in [1.165, 1.54) is 11.1 Å². The number of nitrogens with zero attached hydrogens (tertiary/aromatic N) is 5. The summed E-state index contributed by atoms with van der Waals surface area (Å²) in [4.78, 5) is 6.53. The molecule has 3 aromatic rings. The minimum atomic E-state index is 0.724. The Bertz CT molecular complexity index is 944. The molecule has 1 aromatic carbocycles. The number of hydrogen-bond acceptors (Lipinski definition) is 4. The maximum absolute atomic E-state index is 5.75. The second kappa shape index (κ2) is 7.51. The SMILES string of the molecule is CCCn1c(-c2ccncc2)nn(CN2CCc3ccccc3C2)c1=S. The van der Waals surface area contributed by atoms with E-state index in [1.807, 2.05) is 16.8 Å². The summed E-state index contributed by atoms with van der Waals surface area (Å²) >= 11 is 5.75. The molecule has 0 amide bonds. The first-order valence-electron chi connectivity index (χ1n) is 9.13. The lowest BCUT2D eigenvalue weighted by atomic mass is 10.0. The van der Waals surface area contributed by atoms with Crippen molar-refractivity contribution in [3.63, 3.8) is 0 Å². The summed E-state index contributed by atoms with van der Waals surface area (Å²) in [6, 6.07) is 12.7. The average molecular weight is 366 g/mol. The van der Waals surface area contributed by atoms with Crippen molar-refractivity contribution in [3.8, 4) is 11.4 Å². The molecule has 0 aliphatic carbocycles. The molecule has 5 nitrogen and oxygen atoms in total. The molecule has 134 valence electrons. The van der Waals surface area contributed by atoms with Crippen molar-refractivity contribution in [1.29, 1.82) is 0 Å². The molecule has 0 unspecified atom stereocenters. The van der Waals surface area contributed by atoms with Gasteiger partial charge in [0, 0.05) is 37.6 Å². The average Bonchev–Trinajstić information content (AvgIpc) is 2.99. The molecule has 26 heavy (non-hydrogen) atoms. The Kier molecular flexibility index (Phi) is 4.95. The van der Waals surface area contributed by atoms with Crippen molar-refractivity contribution in [2.24, 2.45) is 0 Å². The van der Waals surface area contributed by atoms with E-state index in [-0.39, 0.29) is 0 Å². The van der Waals surface area contributed by atoms with Crippen molar-refractivity contribution in [3.05, 3.63) is 64.7 Å². The second-order valence-electron chi connectivity index (χ2n) is 6.71. The van der Waals surface area contributed by atoms with Crippen LogP contribution in [0.15, 0.2) is 48.8 Å². The summed E-state index contributed by atoms with van der Waals surface area (Å²) in [5.41, 5.74) is 3.93. The third-order valence-electron chi connectivity index (χ3n) is 4.85. The fourth-order valence-electron chi connectivity index (χ4n) is 3.54. The lowest BCUT2D eigenvalue weighted by molar-refractivity contribution is 0.188. The summed E-state index contributed by atoms with van der Waals surface area (Å²) in [6.45, 7) is 5.74. The Hall–Kier alpha value is -2.31. The maximum Gasteiger partial charge on any atom is 0.199 e. The highest BCUT2D eigenvalue weighted by atomic mass is 32.1. The third kappa shape index (κ3) is 3.34. The van der Waals surface area contributed by atoms with Crippen molar-refractivity contribution < 1.29 is 0 Å². The summed E-state index contributed by atoms with van der Waals surface area (Å²) < 4.78 is 4.90. The monoisotopic (exact) mass is 365 g/mol. The lowest BCUT2D eigenvalue weighted by Gasteiger charge is -2.28. The van der Waals surface area contributed by atoms with Crippen molar-refractivity contribution in [2.45, 2.75) is 39.5 Å². The molecule has 0 radical (unpaired) electrons. The molecular formula is C20H23N5S. The molecule has 1 aliphatic heterocycles. The van der Waals surface area contributed by atoms with Crippen molar-refractivity contribution in [1.82, 2.24) is 24.2 Å². The van der Waals surface area contributed by atoms with Crippen LogP contribution in [0.2, 0.25) is 0 Å². The second-order valence-corrected chi connectivity index (χ2v) is 7.07. The number of rotatable bonds is 5. The molecule has 0 saturated heterocycles. The van der Waals surface area contributed by atoms with E-state index in [0.717, 1.165) is 55.3 Å². The standard InChI is InChI=1S/C20H23N5S/c1-2-12-24-19(17-7-10-21-11-8-17)22-25(20(24)26)15-23-13-9-16-5-3-4-6-18(16)14-23/h3-8,10-11H,2,9,12-15H2,1H3. The van der Waals surface area contributed by atoms with E-state index in [1.54, 1.807) is 12.4 Å². The lowest BCUT2D eigenvalue weighted by Crippen LogP contribution is -2.32. The van der Waals surface area contributed by atoms with Crippen LogP contribution in [0.4, 0.5) is 0 Å². The zero-order valence-electron chi connectivity index (χ0n) is 15.0. The largest absolute Gasteiger partial charge is 0.300 e. The van der Waals surface area contributed by atoms with Crippen LogP contribution in [0.1, 0.15) is 24.5 Å². The highest BCUT2D eigenvalue weighted by molar-refractivity contribution is 7.71. The van der Waals surface area contributed by atoms with E-state index in [0.29, 0.717) is 0 Å². The summed E-state index contributed by atoms with van der Waals surface area (Å²) in [5, 5.41) is 4.85. The molecule has 0 saturated carbocycles. The highest BCUT2D eigenvalue weighted by Gasteiger charge is 2.18. The highest BCUT2D eigenvalue weighted by Crippen LogP contribution is 2.21. The Morgan fingerprint density at radius 1 is 1.08 bits per heavy atom. The van der Waals surface area contributed by atoms with Gasteiger partial charge in [0.25, 0.3) is 0 Å². The van der Waals surface area contributed by atoms with Gasteiger partial charge in [-0.2, -0.15) is 5.10 Å². The Morgan fingerprint density at radius 2 is 1.85 bits per heavy atom. The van der Waals surface area contributed by atoms with E-state index in [9.17, 15) is 0 Å². The molecule has 2 aromatic heterocycles. The van der Waals surface area contributed by atoms with Crippen LogP contribution in [-0.4, -0.2) is 30.8 Å². The van der Waals surface area contributed by atoms with Crippen LogP contribution in [0, 0.1) is 4.77 Å². The Labute approximate surface area is 158 Å². The summed E-state index contributed by atoms with van der Waals surface area (Å²) in [5.74, 6) is 0.927. The minimum Gasteiger partial charge on any atom is -0.300 e. The van der Waals surface area contributed by atoms with Crippen LogP contribution < -0.4 is 0 Å². The minimum absolute atomic E-state index is 0.724. The Morgan fingerprint density at radius 3 is 2.62 bits per heavy atom. The molecular weight excluding hydrogens is 342 g/mol. The van der Waals surface area contributed by atoms with Gasteiger partial charge in [-0.15, -0.1) is 0 Å². The first-order valence-corrected chi connectivity index (χ1v) is 9.54. The quantitative estimate of drug-likeness (QED) is 0.643. The molecule has 4 rings (SSSR count). The van der Waals surface area contributed by atoms with Gasteiger partial charge in [-0.05, 0) is 48.3 Å². The zero-order chi connectivity index (χ0) is 17.9. The van der Waals surface area contributed by atoms with E-state index < -0.39 is 0 Å².